The van der Waals surface area contributed by atoms with Gasteiger partial charge in [0.2, 0.25) is 0 Å². The van der Waals surface area contributed by atoms with Gasteiger partial charge in [-0.3, -0.25) is 0 Å². The Kier molecular flexibility index (Phi) is 6.13. The molecule has 0 spiro atoms. The summed E-state index contributed by atoms with van der Waals surface area (Å²) in [7, 11) is 2.08. The molecule has 0 fully saturated rings. The van der Waals surface area contributed by atoms with Gasteiger partial charge in [0.15, 0.2) is 0 Å². The molecule has 1 aromatic rings. The molecule has 0 radical (unpaired) electrons. The molecule has 0 aliphatic rings. The minimum Gasteiger partial charge on any atom is -0.375 e. The molecule has 0 saturated heterocycles. The predicted octanol–water partition coefficient (Wildman–Crippen LogP) is 2.38. The first-order chi connectivity index (χ1) is 8.27. The monoisotopic (exact) mass is 231 g/mol. The number of rotatable bonds is 7. The van der Waals surface area contributed by atoms with E-state index in [9.17, 15) is 0 Å². The maximum atomic E-state index is 8.72. The highest BCUT2D eigenvalue weighted by Gasteiger charge is 2.00. The first-order valence-electron chi connectivity index (χ1n) is 6.20. The fourth-order valence-electron chi connectivity index (χ4n) is 1.66. The first-order valence-corrected chi connectivity index (χ1v) is 6.20. The maximum Gasteiger partial charge on any atom is 0.0991 e. The average Bonchev–Trinajstić information content (AvgIpc) is 2.38. The number of anilines is 1. The quantitative estimate of drug-likeness (QED) is 0.732. The molecule has 17 heavy (non-hydrogen) atoms. The van der Waals surface area contributed by atoms with Gasteiger partial charge in [-0.1, -0.05) is 6.92 Å². The van der Waals surface area contributed by atoms with Gasteiger partial charge >= 0.3 is 0 Å². The van der Waals surface area contributed by atoms with E-state index in [-0.39, 0.29) is 0 Å². The van der Waals surface area contributed by atoms with Crippen LogP contribution >= 0.6 is 0 Å². The zero-order valence-electron chi connectivity index (χ0n) is 10.7. The molecule has 1 rings (SSSR count). The van der Waals surface area contributed by atoms with Crippen molar-refractivity contribution in [3.8, 4) is 6.07 Å². The maximum absolute atomic E-state index is 8.72. The minimum atomic E-state index is 0.715. The van der Waals surface area contributed by atoms with Gasteiger partial charge in [0.1, 0.15) is 0 Å². The Balaban J connectivity index is 2.31. The van der Waals surface area contributed by atoms with Crippen molar-refractivity contribution in [2.75, 3.05) is 31.6 Å². The van der Waals surface area contributed by atoms with Gasteiger partial charge in [0.25, 0.3) is 0 Å². The fourth-order valence-corrected chi connectivity index (χ4v) is 1.66. The van der Waals surface area contributed by atoms with Crippen molar-refractivity contribution < 1.29 is 0 Å². The van der Waals surface area contributed by atoms with Crippen LogP contribution in [-0.2, 0) is 0 Å². The van der Waals surface area contributed by atoms with Crippen molar-refractivity contribution in [3.05, 3.63) is 29.8 Å². The van der Waals surface area contributed by atoms with E-state index in [1.54, 1.807) is 0 Å². The summed E-state index contributed by atoms with van der Waals surface area (Å²) in [6.07, 6.45) is 2.32. The summed E-state index contributed by atoms with van der Waals surface area (Å²) in [6, 6.07) is 9.85. The zero-order chi connectivity index (χ0) is 12.5. The van der Waals surface area contributed by atoms with Gasteiger partial charge in [0, 0.05) is 19.3 Å². The molecule has 3 nitrogen and oxygen atoms in total. The summed E-state index contributed by atoms with van der Waals surface area (Å²) >= 11 is 0. The Bertz CT molecular complexity index is 351. The lowest BCUT2D eigenvalue weighted by molar-refractivity contribution is 0.637. The normalized spacial score (nSPS) is 9.94. The van der Waals surface area contributed by atoms with Crippen LogP contribution in [0.3, 0.4) is 0 Å². The van der Waals surface area contributed by atoms with Gasteiger partial charge in [-0.15, -0.1) is 0 Å². The molecule has 0 amide bonds. The van der Waals surface area contributed by atoms with E-state index >= 15 is 0 Å². The van der Waals surface area contributed by atoms with E-state index in [2.05, 4.69) is 30.3 Å². The van der Waals surface area contributed by atoms with Crippen LogP contribution < -0.4 is 10.2 Å². The fraction of sp³-hybridized carbons (Fsp3) is 0.500. The Labute approximate surface area is 104 Å². The topological polar surface area (TPSA) is 39.1 Å². The zero-order valence-corrected chi connectivity index (χ0v) is 10.7. The van der Waals surface area contributed by atoms with Crippen LogP contribution in [-0.4, -0.2) is 26.7 Å². The molecule has 92 valence electrons. The molecule has 1 N–H and O–H groups in total. The van der Waals surface area contributed by atoms with Crippen LogP contribution in [0.5, 0.6) is 0 Å². The van der Waals surface area contributed by atoms with E-state index in [0.717, 1.165) is 26.1 Å². The molecule has 0 aliphatic carbocycles. The van der Waals surface area contributed by atoms with E-state index in [0.29, 0.717) is 5.56 Å². The van der Waals surface area contributed by atoms with Crippen molar-refractivity contribution in [1.82, 2.24) is 5.32 Å². The smallest absolute Gasteiger partial charge is 0.0991 e. The summed E-state index contributed by atoms with van der Waals surface area (Å²) in [4.78, 5) is 2.22. The van der Waals surface area contributed by atoms with E-state index in [1.165, 1.54) is 12.1 Å². The van der Waals surface area contributed by atoms with Gasteiger partial charge in [-0.05, 0) is 50.2 Å². The highest BCUT2D eigenvalue weighted by atomic mass is 15.1. The second kappa shape index (κ2) is 7.70. The highest BCUT2D eigenvalue weighted by molar-refractivity contribution is 5.48. The third kappa shape index (κ3) is 4.88. The lowest BCUT2D eigenvalue weighted by atomic mass is 10.2. The number of hydrogen-bond acceptors (Lipinski definition) is 3. The Hall–Kier alpha value is -1.53. The van der Waals surface area contributed by atoms with Crippen molar-refractivity contribution >= 4 is 5.69 Å². The van der Waals surface area contributed by atoms with E-state index < -0.39 is 0 Å². The lowest BCUT2D eigenvalue weighted by Gasteiger charge is -2.19. The van der Waals surface area contributed by atoms with Crippen LogP contribution in [0.4, 0.5) is 5.69 Å². The largest absolute Gasteiger partial charge is 0.375 e. The average molecular weight is 231 g/mol. The van der Waals surface area contributed by atoms with Gasteiger partial charge in [-0.25, -0.2) is 0 Å². The van der Waals surface area contributed by atoms with Crippen molar-refractivity contribution in [2.45, 2.75) is 19.8 Å². The molecular formula is C14H21N3. The van der Waals surface area contributed by atoms with Crippen LogP contribution in [0, 0.1) is 11.3 Å². The summed E-state index contributed by atoms with van der Waals surface area (Å²) in [5, 5.41) is 12.1. The van der Waals surface area contributed by atoms with Crippen LogP contribution in [0.2, 0.25) is 0 Å². The summed E-state index contributed by atoms with van der Waals surface area (Å²) in [5.74, 6) is 0. The molecular weight excluding hydrogens is 210 g/mol. The second-order valence-electron chi connectivity index (χ2n) is 4.18. The van der Waals surface area contributed by atoms with Crippen molar-refractivity contribution in [2.24, 2.45) is 0 Å². The second-order valence-corrected chi connectivity index (χ2v) is 4.18. The Morgan fingerprint density at radius 1 is 1.24 bits per heavy atom. The minimum absolute atomic E-state index is 0.715. The molecule has 3 heteroatoms. The summed E-state index contributed by atoms with van der Waals surface area (Å²) < 4.78 is 0. The molecule has 0 heterocycles. The number of hydrogen-bond donors (Lipinski definition) is 1. The molecule has 0 unspecified atom stereocenters. The van der Waals surface area contributed by atoms with Crippen LogP contribution in [0.15, 0.2) is 24.3 Å². The molecule has 0 bridgehead atoms. The third-order valence-corrected chi connectivity index (χ3v) is 2.71. The van der Waals surface area contributed by atoms with E-state index in [4.69, 9.17) is 5.26 Å². The number of nitriles is 1. The molecule has 0 atom stereocenters. The summed E-state index contributed by atoms with van der Waals surface area (Å²) in [6.45, 7) is 5.37. The van der Waals surface area contributed by atoms with Crippen LogP contribution in [0.1, 0.15) is 25.3 Å². The third-order valence-electron chi connectivity index (χ3n) is 2.71. The molecule has 0 aliphatic heterocycles. The van der Waals surface area contributed by atoms with Crippen molar-refractivity contribution in [3.63, 3.8) is 0 Å². The Morgan fingerprint density at radius 2 is 1.94 bits per heavy atom. The van der Waals surface area contributed by atoms with Gasteiger partial charge in [-0.2, -0.15) is 5.26 Å². The van der Waals surface area contributed by atoms with Gasteiger partial charge in [0.05, 0.1) is 11.6 Å². The number of nitrogens with one attached hydrogen (secondary N) is 1. The predicted molar refractivity (Wildman–Crippen MR) is 72.2 cm³/mol. The standard InChI is InChI=1S/C14H21N3/c1-3-9-16-10-4-11-17(2)14-7-5-13(12-15)6-8-14/h5-8,16H,3-4,9-11H2,1-2H3. The SMILES string of the molecule is CCCNCCCN(C)c1ccc(C#N)cc1. The molecule has 0 saturated carbocycles. The number of benzene rings is 1. The number of nitrogens with zero attached hydrogens (tertiary/aromatic N) is 2. The van der Waals surface area contributed by atoms with Gasteiger partial charge < -0.3 is 10.2 Å². The summed E-state index contributed by atoms with van der Waals surface area (Å²) in [5.41, 5.74) is 1.88. The van der Waals surface area contributed by atoms with Crippen molar-refractivity contribution in [1.29, 1.82) is 5.26 Å². The Morgan fingerprint density at radius 3 is 2.53 bits per heavy atom. The first kappa shape index (κ1) is 13.5. The van der Waals surface area contributed by atoms with Crippen LogP contribution in [0.25, 0.3) is 0 Å². The molecule has 1 aromatic carbocycles. The highest BCUT2D eigenvalue weighted by Crippen LogP contribution is 2.13. The van der Waals surface area contributed by atoms with E-state index in [1.807, 2.05) is 24.3 Å². The lowest BCUT2D eigenvalue weighted by Crippen LogP contribution is -2.24. The molecule has 0 aromatic heterocycles.